The molecule has 0 N–H and O–H groups in total. The molecule has 0 spiro atoms. The van der Waals surface area contributed by atoms with E-state index in [9.17, 15) is 0 Å². The Bertz CT molecular complexity index is 255. The molecule has 0 fully saturated rings. The Kier molecular flexibility index (Phi) is 1.25. The van der Waals surface area contributed by atoms with Crippen LogP contribution in [0.5, 0.6) is 0 Å². The third-order valence-corrected chi connectivity index (χ3v) is 1.55. The van der Waals surface area contributed by atoms with Gasteiger partial charge in [0.05, 0.1) is 0 Å². The van der Waals surface area contributed by atoms with Crippen LogP contribution in [0.15, 0.2) is 11.8 Å². The van der Waals surface area contributed by atoms with Crippen LogP contribution in [0.1, 0.15) is 0 Å². The third-order valence-electron chi connectivity index (χ3n) is 1.55. The standard InChI is InChI=1S/C5H3B4/c1-4-5(8-2-6-1)9-3-7-4/h1-3H. The first kappa shape index (κ1) is 5.40. The van der Waals surface area contributed by atoms with E-state index in [2.05, 4.69) is 45.7 Å². The van der Waals surface area contributed by atoms with Gasteiger partial charge < -0.3 is 0 Å². The summed E-state index contributed by atoms with van der Waals surface area (Å²) in [4.78, 5) is 0. The second-order valence-corrected chi connectivity index (χ2v) is 2.15. The molecule has 0 atom stereocenters. The van der Waals surface area contributed by atoms with Crippen LogP contribution in [-0.4, -0.2) is 33.9 Å². The van der Waals surface area contributed by atoms with Gasteiger partial charge in [-0.05, 0) is 0 Å². The van der Waals surface area contributed by atoms with Crippen LogP contribution in [-0.2, 0) is 0 Å². The Hall–Kier alpha value is -0.390. The van der Waals surface area contributed by atoms with Crippen LogP contribution >= 0.6 is 0 Å². The van der Waals surface area contributed by atoms with Crippen molar-refractivity contribution in [2.75, 3.05) is 0 Å². The van der Waals surface area contributed by atoms with E-state index in [4.69, 9.17) is 0 Å². The van der Waals surface area contributed by atoms with Crippen molar-refractivity contribution in [1.29, 1.82) is 0 Å². The Labute approximate surface area is 57.3 Å². The van der Waals surface area contributed by atoms with Gasteiger partial charge in [0.1, 0.15) is 0 Å². The molecule has 0 amide bonds. The molecule has 0 aromatic carbocycles. The van der Waals surface area contributed by atoms with Crippen LogP contribution in [0.4, 0.5) is 0 Å². The van der Waals surface area contributed by atoms with E-state index in [1.54, 1.807) is 0 Å². The van der Waals surface area contributed by atoms with E-state index in [1.165, 1.54) is 10.8 Å². The first-order chi connectivity index (χ1) is 4.47. The van der Waals surface area contributed by atoms with Crippen molar-refractivity contribution >= 4 is 44.7 Å². The molecule has 0 aliphatic carbocycles. The molecule has 1 aliphatic heterocycles. The van der Waals surface area contributed by atoms with Gasteiger partial charge in [0.15, 0.2) is 0 Å². The van der Waals surface area contributed by atoms with Gasteiger partial charge in [-0.3, -0.25) is 0 Å². The van der Waals surface area contributed by atoms with Gasteiger partial charge in [0, 0.05) is 0 Å². The zero-order chi connectivity index (χ0) is 6.10. The summed E-state index contributed by atoms with van der Waals surface area (Å²) >= 11 is 0. The summed E-state index contributed by atoms with van der Waals surface area (Å²) in [6.45, 7) is 6.30. The van der Waals surface area contributed by atoms with Crippen molar-refractivity contribution in [3.8, 4) is 0 Å². The first-order valence-corrected chi connectivity index (χ1v) is 3.07. The fourth-order valence-electron chi connectivity index (χ4n) is 1.07. The Balaban J connectivity index is 2.63. The fourth-order valence-corrected chi connectivity index (χ4v) is 1.07. The number of hydrogen-bond acceptors (Lipinski definition) is 0. The van der Waals surface area contributed by atoms with E-state index in [1.807, 2.05) is 0 Å². The van der Waals surface area contributed by atoms with Crippen molar-refractivity contribution < 1.29 is 0 Å². The molecule has 4 heteroatoms. The van der Waals surface area contributed by atoms with Crippen molar-refractivity contribution in [2.24, 2.45) is 0 Å². The number of fused-ring (bicyclic) bond motifs is 1. The van der Waals surface area contributed by atoms with Gasteiger partial charge in [-0.25, -0.2) is 0 Å². The van der Waals surface area contributed by atoms with Gasteiger partial charge in [-0.2, -0.15) is 0 Å². The molecule has 1 aromatic rings. The molecule has 0 saturated heterocycles. The summed E-state index contributed by atoms with van der Waals surface area (Å²) in [5, 5.41) is 1.33. The summed E-state index contributed by atoms with van der Waals surface area (Å²) in [5.74, 6) is 6.25. The molecule has 2 heterocycles. The molecular weight excluding hydrogens is 103 g/mol. The fraction of sp³-hybridized carbons (Fsp3) is 0. The SMILES string of the molecule is [B]1C=Bc2cbcbc21. The van der Waals surface area contributed by atoms with Crippen LogP contribution in [0, 0.1) is 0 Å². The molecule has 9 heavy (non-hydrogen) atoms. The van der Waals surface area contributed by atoms with Crippen LogP contribution in [0.2, 0.25) is 0 Å². The van der Waals surface area contributed by atoms with Crippen molar-refractivity contribution in [1.82, 2.24) is 0 Å². The summed E-state index contributed by atoms with van der Waals surface area (Å²) < 4.78 is 0. The van der Waals surface area contributed by atoms with Gasteiger partial charge in [0.25, 0.3) is 0 Å². The molecule has 1 radical (unpaired) electrons. The molecule has 0 unspecified atom stereocenters. The quantitative estimate of drug-likeness (QED) is 0.329. The molecule has 35 valence electrons. The van der Waals surface area contributed by atoms with Crippen molar-refractivity contribution in [3.63, 3.8) is 0 Å². The predicted molar refractivity (Wildman–Crippen MR) is 46.0 cm³/mol. The zero-order valence-electron chi connectivity index (χ0n) is 5.04. The first-order valence-electron chi connectivity index (χ1n) is 3.07. The normalized spacial score (nSPS) is 11.1. The third kappa shape index (κ3) is 0.868. The van der Waals surface area contributed by atoms with Crippen molar-refractivity contribution in [3.05, 3.63) is 11.8 Å². The number of hydrogen-bond donors (Lipinski definition) is 0. The zero-order valence-corrected chi connectivity index (χ0v) is 5.04. The van der Waals surface area contributed by atoms with E-state index < -0.39 is 0 Å². The van der Waals surface area contributed by atoms with Gasteiger partial charge >= 0.3 is 56.5 Å². The molecular formula is C5H3B4. The average molecular weight is 106 g/mol. The van der Waals surface area contributed by atoms with E-state index in [0.717, 1.165) is 0 Å². The second-order valence-electron chi connectivity index (χ2n) is 2.15. The van der Waals surface area contributed by atoms with E-state index >= 15 is 0 Å². The van der Waals surface area contributed by atoms with Crippen LogP contribution in [0.25, 0.3) is 0 Å². The van der Waals surface area contributed by atoms with Gasteiger partial charge in [0.2, 0.25) is 0 Å². The Morgan fingerprint density at radius 3 is 3.22 bits per heavy atom. The molecule has 1 aliphatic rings. The van der Waals surface area contributed by atoms with Gasteiger partial charge in [-0.15, -0.1) is 0 Å². The topological polar surface area (TPSA) is 0 Å². The van der Waals surface area contributed by atoms with E-state index in [0.29, 0.717) is 0 Å². The Morgan fingerprint density at radius 2 is 2.33 bits per heavy atom. The maximum absolute atomic E-state index is 2.12. The monoisotopic (exact) mass is 107 g/mol. The number of rotatable bonds is 0. The summed E-state index contributed by atoms with van der Waals surface area (Å²) in [7, 11) is 2.12. The second kappa shape index (κ2) is 2.09. The molecule has 0 saturated carbocycles. The molecule has 1 aromatic heterocycles. The summed E-state index contributed by atoms with van der Waals surface area (Å²) in [6, 6.07) is 0. The minimum absolute atomic E-state index is 1.33. The Morgan fingerprint density at radius 1 is 1.33 bits per heavy atom. The van der Waals surface area contributed by atoms with Crippen LogP contribution < -0.4 is 10.8 Å². The summed E-state index contributed by atoms with van der Waals surface area (Å²) in [6.07, 6.45) is 0. The minimum atomic E-state index is 1.33. The predicted octanol–water partition coefficient (Wildman–Crippen LogP) is -2.20. The molecule has 2 rings (SSSR count). The maximum atomic E-state index is 2.12. The summed E-state index contributed by atoms with van der Waals surface area (Å²) in [5.41, 5.74) is 1.33. The van der Waals surface area contributed by atoms with E-state index in [-0.39, 0.29) is 0 Å². The van der Waals surface area contributed by atoms with Gasteiger partial charge in [-0.1, -0.05) is 0 Å². The van der Waals surface area contributed by atoms with Crippen LogP contribution in [0.3, 0.4) is 0 Å². The van der Waals surface area contributed by atoms with Crippen molar-refractivity contribution in [2.45, 2.75) is 0 Å². The molecule has 0 nitrogen and oxygen atoms in total. The average Bonchev–Trinajstić information content (AvgIpc) is 2.33. The molecule has 0 bridgehead atoms.